The number of imidazole rings is 3. The van der Waals surface area contributed by atoms with Crippen molar-refractivity contribution in [2.45, 2.75) is 25.4 Å². The average Bonchev–Trinajstić information content (AvgIpc) is 4.16. The van der Waals surface area contributed by atoms with Gasteiger partial charge in [-0.25, -0.2) is 48.1 Å². The van der Waals surface area contributed by atoms with Gasteiger partial charge in [0.1, 0.15) is 34.9 Å². The van der Waals surface area contributed by atoms with Gasteiger partial charge in [-0.2, -0.15) is 23.5 Å². The smallest absolute Gasteiger partial charge is 0.451 e. The first-order valence-corrected chi connectivity index (χ1v) is 19.7. The van der Waals surface area contributed by atoms with Gasteiger partial charge in [0.2, 0.25) is 5.84 Å². The largest absolute Gasteiger partial charge is 1.00 e. The molecule has 0 amide bonds. The van der Waals surface area contributed by atoms with Crippen LogP contribution in [-0.4, -0.2) is 73.2 Å². The lowest BCUT2D eigenvalue weighted by atomic mass is 10.1. The van der Waals surface area contributed by atoms with Crippen LogP contribution in [0.4, 0.5) is 26.3 Å². The molecular weight excluding hydrogens is 991 g/mol. The summed E-state index contributed by atoms with van der Waals surface area (Å²) < 4.78 is 84.8. The van der Waals surface area contributed by atoms with Crippen LogP contribution in [0.15, 0.2) is 144 Å². The zero-order valence-corrected chi connectivity index (χ0v) is 36.7. The molecule has 67 heavy (non-hydrogen) atoms. The molecule has 7 heterocycles. The number of benzene rings is 3. The topological polar surface area (TPSA) is 203 Å². The van der Waals surface area contributed by atoms with Gasteiger partial charge in [0.25, 0.3) is 0 Å². The number of nitrogens with two attached hydrogens (primary N) is 2. The number of hydrazone groups is 1. The number of rotatable bonds is 8. The minimum absolute atomic E-state index is 0. The fourth-order valence-electron chi connectivity index (χ4n) is 6.83. The minimum atomic E-state index is -4.60. The third-order valence-electron chi connectivity index (χ3n) is 9.96. The van der Waals surface area contributed by atoms with E-state index in [-0.39, 0.29) is 77.3 Å². The summed E-state index contributed by atoms with van der Waals surface area (Å²) in [7, 11) is 0. The summed E-state index contributed by atoms with van der Waals surface area (Å²) in [6, 6.07) is 21.3. The third kappa shape index (κ3) is 10.7. The van der Waals surface area contributed by atoms with Crippen LogP contribution in [0.1, 0.15) is 50.9 Å². The molecule has 0 spiro atoms. The molecule has 6 aromatic heterocycles. The first kappa shape index (κ1) is 46.9. The Kier molecular flexibility index (Phi) is 14.3. The molecule has 0 radical (unpaired) electrons. The van der Waals surface area contributed by atoms with E-state index in [1.807, 2.05) is 6.07 Å². The summed E-state index contributed by atoms with van der Waals surface area (Å²) in [6.07, 6.45) is 10.9. The maximum atomic E-state index is 14.0. The molecule has 0 aliphatic carbocycles. The van der Waals surface area contributed by atoms with Crippen LogP contribution < -0.4 is 35.6 Å². The Balaban J connectivity index is 0.000000150. The molecule has 3 aromatic carbocycles. The maximum Gasteiger partial charge on any atom is 0.451 e. The summed E-state index contributed by atoms with van der Waals surface area (Å²) in [4.78, 5) is 32.6. The number of nitrogens with zero attached hydrogens (tertiary/aromatic N) is 13. The molecule has 9 aromatic rings. The van der Waals surface area contributed by atoms with Gasteiger partial charge in [-0.05, 0) is 34.9 Å². The zero-order chi connectivity index (χ0) is 46.4. The van der Waals surface area contributed by atoms with E-state index in [9.17, 15) is 26.3 Å². The second kappa shape index (κ2) is 20.4. The Morgan fingerprint density at radius 3 is 1.55 bits per heavy atom. The van der Waals surface area contributed by atoms with E-state index in [4.69, 9.17) is 16.8 Å². The highest BCUT2D eigenvalue weighted by atomic mass is 127. The molecule has 0 saturated heterocycles. The first-order chi connectivity index (χ1) is 31.9. The Hall–Kier alpha value is -8.07. The second-order valence-electron chi connectivity index (χ2n) is 14.3. The van der Waals surface area contributed by atoms with E-state index in [2.05, 4.69) is 45.0 Å². The molecular formula is C45H33F6IN15-. The highest BCUT2D eigenvalue weighted by Gasteiger charge is 2.38. The van der Waals surface area contributed by atoms with Crippen molar-refractivity contribution in [1.82, 2.24) is 43.1 Å². The van der Waals surface area contributed by atoms with E-state index in [0.29, 0.717) is 69.2 Å². The monoisotopic (exact) mass is 1020 g/mol. The highest BCUT2D eigenvalue weighted by molar-refractivity contribution is 6.13. The second-order valence-corrected chi connectivity index (χ2v) is 14.3. The normalized spacial score (nSPS) is 12.4. The van der Waals surface area contributed by atoms with Crippen molar-refractivity contribution in [3.63, 3.8) is 0 Å². The van der Waals surface area contributed by atoms with E-state index < -0.39 is 12.0 Å². The SMILES string of the molecule is Fc1ccccc1Cc1nc(C2=NC(C(F)(F)F)=NC2)cn2ccnc12.N#Cc1cn2ccnc2c(Cc2ccccc2F)n1.N/N=C(\N)c1cn2ccnc2c(Cc2ccccc2F)n1.[I-]. The van der Waals surface area contributed by atoms with Gasteiger partial charge in [-0.3, -0.25) is 4.99 Å². The first-order valence-electron chi connectivity index (χ1n) is 19.7. The number of hydrogen-bond acceptors (Lipinski definition) is 11. The number of aliphatic imine (C=N–C) groups is 2. The lowest BCUT2D eigenvalue weighted by Gasteiger charge is -2.08. The molecule has 338 valence electrons. The molecule has 4 N–H and O–H groups in total. The predicted molar refractivity (Wildman–Crippen MR) is 231 cm³/mol. The van der Waals surface area contributed by atoms with Crippen LogP contribution in [0.2, 0.25) is 0 Å². The molecule has 0 unspecified atom stereocenters. The summed E-state index contributed by atoms with van der Waals surface area (Å²) in [6.45, 7) is -0.207. The fraction of sp³-hybridized carbons (Fsp3) is 0.111. The summed E-state index contributed by atoms with van der Waals surface area (Å²) in [5.74, 6) is 3.18. The minimum Gasteiger partial charge on any atom is -1.00 e. The van der Waals surface area contributed by atoms with E-state index in [1.54, 1.807) is 124 Å². The van der Waals surface area contributed by atoms with Crippen LogP contribution >= 0.6 is 0 Å². The molecule has 0 fully saturated rings. The van der Waals surface area contributed by atoms with Crippen molar-refractivity contribution >= 4 is 34.3 Å². The van der Waals surface area contributed by atoms with Gasteiger partial charge in [-0.15, -0.1) is 0 Å². The van der Waals surface area contributed by atoms with Gasteiger partial charge in [0.05, 0.1) is 29.3 Å². The summed E-state index contributed by atoms with van der Waals surface area (Å²) in [5, 5.41) is 12.4. The van der Waals surface area contributed by atoms with Crippen molar-refractivity contribution in [3.8, 4) is 6.07 Å². The molecule has 0 atom stereocenters. The van der Waals surface area contributed by atoms with E-state index in [0.717, 1.165) is 0 Å². The Labute approximate surface area is 393 Å². The molecule has 15 nitrogen and oxygen atoms in total. The van der Waals surface area contributed by atoms with Crippen molar-refractivity contribution < 1.29 is 50.3 Å². The lowest BCUT2D eigenvalue weighted by molar-refractivity contribution is -0.0595. The summed E-state index contributed by atoms with van der Waals surface area (Å²) in [5.41, 5.74) is 11.7. The molecule has 0 saturated carbocycles. The van der Waals surface area contributed by atoms with Crippen LogP contribution in [-0.2, 0) is 19.3 Å². The highest BCUT2D eigenvalue weighted by Crippen LogP contribution is 2.24. The van der Waals surface area contributed by atoms with Gasteiger partial charge in [0, 0.05) is 75.0 Å². The zero-order valence-electron chi connectivity index (χ0n) is 34.6. The fourth-order valence-corrected chi connectivity index (χ4v) is 6.83. The van der Waals surface area contributed by atoms with Crippen LogP contribution in [0.5, 0.6) is 0 Å². The summed E-state index contributed by atoms with van der Waals surface area (Å²) >= 11 is 0. The van der Waals surface area contributed by atoms with Gasteiger partial charge in [0.15, 0.2) is 28.5 Å². The van der Waals surface area contributed by atoms with E-state index in [1.165, 1.54) is 18.2 Å². The van der Waals surface area contributed by atoms with Crippen molar-refractivity contribution in [3.05, 3.63) is 197 Å². The molecule has 1 aliphatic heterocycles. The number of alkyl halides is 3. The molecule has 0 bridgehead atoms. The molecule has 10 rings (SSSR count). The van der Waals surface area contributed by atoms with Gasteiger partial charge < -0.3 is 48.8 Å². The number of halogens is 7. The van der Waals surface area contributed by atoms with Crippen molar-refractivity contribution in [2.24, 2.45) is 26.7 Å². The van der Waals surface area contributed by atoms with E-state index >= 15 is 0 Å². The number of aromatic nitrogens is 9. The standard InChI is InChI=1S/C17H11F4N5.C14H13FN6.C14H9FN4.HI/c18-11-4-2-1-3-10(11)7-12-15-22-5-6-26(15)9-14(24-12)13-8-23-16(25-13)17(19,20)21;15-10-4-2-1-3-9(10)7-11-14-18-5-6-21(14)8-12(19-11)13(16)20-17;15-12-4-2-1-3-10(12)7-13-14-17-5-6-19(14)9-11(8-16)18-13;/h1-6,9H,7-8H2;1-6,8H,7,17H2,(H2,16,20);1-6,9H,7H2;1H/p-1. The van der Waals surface area contributed by atoms with Crippen LogP contribution in [0.25, 0.3) is 16.9 Å². The number of nitriles is 1. The predicted octanol–water partition coefficient (Wildman–Crippen LogP) is 3.60. The number of hydrogen-bond donors (Lipinski definition) is 2. The van der Waals surface area contributed by atoms with Gasteiger partial charge >= 0.3 is 6.18 Å². The third-order valence-corrected chi connectivity index (χ3v) is 9.96. The Morgan fingerprint density at radius 2 is 1.10 bits per heavy atom. The van der Waals surface area contributed by atoms with Crippen molar-refractivity contribution in [1.29, 1.82) is 5.26 Å². The quantitative estimate of drug-likeness (QED) is 0.0570. The lowest BCUT2D eigenvalue weighted by Crippen LogP contribution is -3.00. The molecule has 1 aliphatic rings. The maximum absolute atomic E-state index is 14.0. The number of fused-ring (bicyclic) bond motifs is 3. The van der Waals surface area contributed by atoms with Gasteiger partial charge in [-0.1, -0.05) is 54.6 Å². The number of amidine groups is 2. The van der Waals surface area contributed by atoms with Crippen LogP contribution in [0, 0.1) is 28.8 Å². The average molecular weight is 1020 g/mol. The Morgan fingerprint density at radius 1 is 0.657 bits per heavy atom. The molecule has 22 heteroatoms. The van der Waals surface area contributed by atoms with Crippen molar-refractivity contribution in [2.75, 3.05) is 6.54 Å². The Bertz CT molecular complexity index is 3370. The van der Waals surface area contributed by atoms with Crippen LogP contribution in [0.3, 0.4) is 0 Å².